The van der Waals surface area contributed by atoms with E-state index < -0.39 is 48.1 Å². The van der Waals surface area contributed by atoms with Crippen LogP contribution in [0.25, 0.3) is 0 Å². The van der Waals surface area contributed by atoms with Gasteiger partial charge in [-0.3, -0.25) is 9.59 Å². The summed E-state index contributed by atoms with van der Waals surface area (Å²) in [5, 5.41) is 42.1. The van der Waals surface area contributed by atoms with E-state index in [9.17, 15) is 30.0 Å². The van der Waals surface area contributed by atoms with Crippen LogP contribution in [0.3, 0.4) is 0 Å². The fourth-order valence-corrected chi connectivity index (χ4v) is 4.94. The molecule has 11 unspecified atom stereocenters. The molecule has 2 heterocycles. The van der Waals surface area contributed by atoms with Crippen LogP contribution in [0, 0.1) is 17.8 Å². The van der Waals surface area contributed by atoms with Gasteiger partial charge in [-0.25, -0.2) is 0 Å². The third-order valence-electron chi connectivity index (χ3n) is 7.82. The molecule has 0 amide bonds. The van der Waals surface area contributed by atoms with E-state index in [4.69, 9.17) is 14.2 Å². The predicted molar refractivity (Wildman–Crippen MR) is 146 cm³/mol. The van der Waals surface area contributed by atoms with Crippen LogP contribution in [0.1, 0.15) is 74.1 Å². The highest BCUT2D eigenvalue weighted by atomic mass is 16.6. The molecule has 222 valence electrons. The summed E-state index contributed by atoms with van der Waals surface area (Å²) >= 11 is 0. The number of rotatable bonds is 9. The standard InChI is InChI=1S/C30H48O9/c1-8-23(33)20(5)28-29(39-28)26(35)17(2)10-9-11-18(3)27-19(4)12-13-24(37-21(6)31)30(7,36)15-14-22(32)16-25(34)38-27/h9-13,17,19-20,22-24,26-29,32-33,35-36H,8,14-16H2,1-7H3/b10-9+,13-12-,18-11+. The fraction of sp³-hybridized carbons (Fsp3) is 0.733. The summed E-state index contributed by atoms with van der Waals surface area (Å²) in [6.07, 6.45) is 5.19. The molecule has 9 nitrogen and oxygen atoms in total. The van der Waals surface area contributed by atoms with Crippen LogP contribution < -0.4 is 0 Å². The molecule has 0 radical (unpaired) electrons. The van der Waals surface area contributed by atoms with Gasteiger partial charge in [-0.1, -0.05) is 52.0 Å². The summed E-state index contributed by atoms with van der Waals surface area (Å²) in [7, 11) is 0. The second-order valence-electron chi connectivity index (χ2n) is 11.5. The van der Waals surface area contributed by atoms with Crippen molar-refractivity contribution in [3.05, 3.63) is 36.0 Å². The van der Waals surface area contributed by atoms with Crippen molar-refractivity contribution in [2.24, 2.45) is 17.8 Å². The minimum atomic E-state index is -1.43. The van der Waals surface area contributed by atoms with E-state index in [1.54, 1.807) is 18.2 Å². The average molecular weight is 553 g/mol. The third kappa shape index (κ3) is 9.83. The molecule has 1 saturated heterocycles. The number of hydrogen-bond acceptors (Lipinski definition) is 9. The maximum Gasteiger partial charge on any atom is 0.309 e. The van der Waals surface area contributed by atoms with Crippen LogP contribution >= 0.6 is 0 Å². The molecular weight excluding hydrogens is 504 g/mol. The first kappa shape index (κ1) is 33.2. The van der Waals surface area contributed by atoms with E-state index in [0.717, 1.165) is 5.57 Å². The minimum absolute atomic E-state index is 0.0547. The second-order valence-corrected chi connectivity index (χ2v) is 11.5. The van der Waals surface area contributed by atoms with Crippen molar-refractivity contribution in [2.75, 3.05) is 0 Å². The first-order valence-electron chi connectivity index (χ1n) is 14.0. The fourth-order valence-electron chi connectivity index (χ4n) is 4.94. The first-order chi connectivity index (χ1) is 18.2. The largest absolute Gasteiger partial charge is 0.457 e. The Bertz CT molecular complexity index is 908. The summed E-state index contributed by atoms with van der Waals surface area (Å²) in [5.74, 6) is -1.69. The highest BCUT2D eigenvalue weighted by molar-refractivity contribution is 5.70. The topological polar surface area (TPSA) is 146 Å². The Morgan fingerprint density at radius 2 is 1.90 bits per heavy atom. The molecule has 0 aliphatic carbocycles. The quantitative estimate of drug-likeness (QED) is 0.147. The number of cyclic esters (lactones) is 1. The van der Waals surface area contributed by atoms with Gasteiger partial charge in [0.05, 0.1) is 30.8 Å². The molecule has 9 heteroatoms. The van der Waals surface area contributed by atoms with Crippen molar-refractivity contribution in [1.29, 1.82) is 0 Å². The number of aliphatic hydroxyl groups excluding tert-OH is 3. The molecule has 2 rings (SSSR count). The Morgan fingerprint density at radius 3 is 2.51 bits per heavy atom. The molecule has 0 saturated carbocycles. The molecular formula is C30H48O9. The summed E-state index contributed by atoms with van der Waals surface area (Å²) in [6.45, 7) is 12.2. The van der Waals surface area contributed by atoms with Gasteiger partial charge >= 0.3 is 11.9 Å². The zero-order chi connectivity index (χ0) is 29.5. The molecule has 0 aromatic heterocycles. The summed E-state index contributed by atoms with van der Waals surface area (Å²) in [6, 6.07) is 0. The van der Waals surface area contributed by atoms with Crippen molar-refractivity contribution in [2.45, 2.75) is 122 Å². The van der Waals surface area contributed by atoms with Crippen molar-refractivity contribution in [3.8, 4) is 0 Å². The maximum atomic E-state index is 12.6. The first-order valence-corrected chi connectivity index (χ1v) is 14.0. The molecule has 4 N–H and O–H groups in total. The zero-order valence-corrected chi connectivity index (χ0v) is 24.3. The van der Waals surface area contributed by atoms with Gasteiger partial charge < -0.3 is 34.6 Å². The average Bonchev–Trinajstić information content (AvgIpc) is 3.66. The molecule has 39 heavy (non-hydrogen) atoms. The lowest BCUT2D eigenvalue weighted by molar-refractivity contribution is -0.157. The number of hydrogen-bond donors (Lipinski definition) is 4. The third-order valence-corrected chi connectivity index (χ3v) is 7.82. The van der Waals surface area contributed by atoms with Gasteiger partial charge in [-0.05, 0) is 44.8 Å². The summed E-state index contributed by atoms with van der Waals surface area (Å²) < 4.78 is 16.8. The SMILES string of the molecule is CCC(O)C(C)C1OC1C(O)C(C)/C=C/C=C(\C)C1OC(=O)CC(O)CCC(C)(O)C(OC(C)=O)/C=C\C1C. The van der Waals surface area contributed by atoms with E-state index in [-0.39, 0.29) is 49.2 Å². The Labute approximate surface area is 232 Å². The minimum Gasteiger partial charge on any atom is -0.457 e. The normalized spacial score (nSPS) is 36.6. The highest BCUT2D eigenvalue weighted by Crippen LogP contribution is 2.37. The van der Waals surface area contributed by atoms with E-state index in [2.05, 4.69) is 0 Å². The zero-order valence-electron chi connectivity index (χ0n) is 24.3. The number of aliphatic hydroxyl groups is 4. The van der Waals surface area contributed by atoms with E-state index in [1.807, 2.05) is 46.8 Å². The number of carbonyl (C=O) groups excluding carboxylic acids is 2. The van der Waals surface area contributed by atoms with Gasteiger partial charge in [0.15, 0.2) is 0 Å². The number of ether oxygens (including phenoxy) is 3. The lowest BCUT2D eigenvalue weighted by Crippen LogP contribution is -2.42. The van der Waals surface area contributed by atoms with E-state index in [1.165, 1.54) is 13.8 Å². The molecule has 0 aromatic carbocycles. The number of allylic oxidation sites excluding steroid dienone is 2. The smallest absolute Gasteiger partial charge is 0.309 e. The van der Waals surface area contributed by atoms with Gasteiger partial charge in [0.25, 0.3) is 0 Å². The van der Waals surface area contributed by atoms with Crippen LogP contribution in [0.2, 0.25) is 0 Å². The predicted octanol–water partition coefficient (Wildman–Crippen LogP) is 2.99. The lowest BCUT2D eigenvalue weighted by Gasteiger charge is -2.32. The van der Waals surface area contributed by atoms with Gasteiger partial charge in [0, 0.05) is 24.7 Å². The molecule has 11 atom stereocenters. The Kier molecular flexibility index (Phi) is 12.4. The van der Waals surface area contributed by atoms with Crippen LogP contribution in [-0.4, -0.2) is 80.7 Å². The van der Waals surface area contributed by atoms with E-state index >= 15 is 0 Å². The summed E-state index contributed by atoms with van der Waals surface area (Å²) in [4.78, 5) is 24.3. The van der Waals surface area contributed by atoms with Crippen molar-refractivity contribution >= 4 is 11.9 Å². The Morgan fingerprint density at radius 1 is 1.23 bits per heavy atom. The molecule has 0 bridgehead atoms. The molecule has 1 fully saturated rings. The van der Waals surface area contributed by atoms with Gasteiger partial charge in [-0.15, -0.1) is 0 Å². The van der Waals surface area contributed by atoms with Crippen molar-refractivity contribution in [1.82, 2.24) is 0 Å². The van der Waals surface area contributed by atoms with Gasteiger partial charge in [-0.2, -0.15) is 0 Å². The van der Waals surface area contributed by atoms with Crippen LogP contribution in [0.15, 0.2) is 36.0 Å². The van der Waals surface area contributed by atoms with Crippen LogP contribution in [0.4, 0.5) is 0 Å². The maximum absolute atomic E-state index is 12.6. The molecule has 0 aromatic rings. The summed E-state index contributed by atoms with van der Waals surface area (Å²) in [5.41, 5.74) is -0.691. The highest BCUT2D eigenvalue weighted by Gasteiger charge is 2.50. The second kappa shape index (κ2) is 14.6. The number of epoxide rings is 1. The number of esters is 2. The number of carbonyl (C=O) groups is 2. The Balaban J connectivity index is 2.17. The molecule has 0 spiro atoms. The van der Waals surface area contributed by atoms with Gasteiger partial charge in [0.2, 0.25) is 0 Å². The Hall–Kier alpha value is -2.04. The monoisotopic (exact) mass is 552 g/mol. The molecule has 2 aliphatic rings. The van der Waals surface area contributed by atoms with Crippen LogP contribution in [-0.2, 0) is 23.8 Å². The van der Waals surface area contributed by atoms with Crippen LogP contribution in [0.5, 0.6) is 0 Å². The van der Waals surface area contributed by atoms with Crippen molar-refractivity contribution < 1.29 is 44.2 Å². The van der Waals surface area contributed by atoms with Gasteiger partial charge in [0.1, 0.15) is 23.9 Å². The lowest BCUT2D eigenvalue weighted by atomic mass is 9.88. The molecule has 2 aliphatic heterocycles. The van der Waals surface area contributed by atoms with Crippen molar-refractivity contribution in [3.63, 3.8) is 0 Å². The van der Waals surface area contributed by atoms with E-state index in [0.29, 0.717) is 6.42 Å².